The fourth-order valence-corrected chi connectivity index (χ4v) is 4.17. The number of anilines is 1. The van der Waals surface area contributed by atoms with Gasteiger partial charge in [-0.05, 0) is 30.3 Å². The van der Waals surface area contributed by atoms with E-state index in [9.17, 15) is 0 Å². The smallest absolute Gasteiger partial charge is 0.228 e. The quantitative estimate of drug-likeness (QED) is 0.372. The number of thioether (sulfide) groups is 1. The van der Waals surface area contributed by atoms with Gasteiger partial charge in [0, 0.05) is 23.9 Å². The second-order valence-electron chi connectivity index (χ2n) is 6.32. The van der Waals surface area contributed by atoms with E-state index in [4.69, 9.17) is 37.1 Å². The Kier molecular flexibility index (Phi) is 6.86. The van der Waals surface area contributed by atoms with Gasteiger partial charge in [0.2, 0.25) is 5.95 Å². The van der Waals surface area contributed by atoms with Crippen molar-refractivity contribution in [2.75, 3.05) is 43.6 Å². The molecule has 0 amide bonds. The number of morpholine rings is 1. The lowest BCUT2D eigenvalue weighted by Gasteiger charge is -2.27. The standard InChI is InChI=1S/C19H20Cl2N4O3S/c20-14-3-4-17(16(21)12-14)28-10-11-29-19-23-22-18(24-5-8-26-9-6-24)25(19)13-15-2-1-7-27-15/h1-4,7,12H,5-6,8-11,13H2. The number of aromatic nitrogens is 3. The summed E-state index contributed by atoms with van der Waals surface area (Å²) in [6, 6.07) is 9.02. The molecule has 0 N–H and O–H groups in total. The van der Waals surface area contributed by atoms with E-state index in [1.54, 1.807) is 36.2 Å². The first-order valence-electron chi connectivity index (χ1n) is 9.19. The minimum absolute atomic E-state index is 0.479. The van der Waals surface area contributed by atoms with E-state index in [-0.39, 0.29) is 0 Å². The maximum Gasteiger partial charge on any atom is 0.228 e. The summed E-state index contributed by atoms with van der Waals surface area (Å²) >= 11 is 13.6. The van der Waals surface area contributed by atoms with Crippen LogP contribution in [0.5, 0.6) is 5.75 Å². The predicted octanol–water partition coefficient (Wildman–Crippen LogP) is 4.23. The van der Waals surface area contributed by atoms with Crippen molar-refractivity contribution in [1.29, 1.82) is 0 Å². The first-order chi connectivity index (χ1) is 14.2. The number of hydrogen-bond donors (Lipinski definition) is 0. The molecule has 7 nitrogen and oxygen atoms in total. The van der Waals surface area contributed by atoms with Gasteiger partial charge in [0.1, 0.15) is 11.5 Å². The normalized spacial score (nSPS) is 14.3. The largest absolute Gasteiger partial charge is 0.491 e. The third-order valence-electron chi connectivity index (χ3n) is 4.35. The number of halogens is 2. The van der Waals surface area contributed by atoms with Crippen molar-refractivity contribution in [3.8, 4) is 5.75 Å². The maximum absolute atomic E-state index is 6.15. The van der Waals surface area contributed by atoms with Crippen LogP contribution in [-0.4, -0.2) is 53.4 Å². The van der Waals surface area contributed by atoms with Crippen LogP contribution in [-0.2, 0) is 11.3 Å². The van der Waals surface area contributed by atoms with E-state index in [0.29, 0.717) is 47.9 Å². The first kappa shape index (κ1) is 20.4. The highest BCUT2D eigenvalue weighted by atomic mass is 35.5. The molecule has 154 valence electrons. The van der Waals surface area contributed by atoms with Gasteiger partial charge in [-0.25, -0.2) is 0 Å². The van der Waals surface area contributed by atoms with Crippen molar-refractivity contribution in [3.63, 3.8) is 0 Å². The van der Waals surface area contributed by atoms with Crippen LogP contribution in [0.4, 0.5) is 5.95 Å². The number of furan rings is 1. The molecular weight excluding hydrogens is 435 g/mol. The molecule has 1 aliphatic rings. The Labute approximate surface area is 182 Å². The van der Waals surface area contributed by atoms with Crippen LogP contribution in [0.15, 0.2) is 46.2 Å². The molecule has 2 aromatic heterocycles. The van der Waals surface area contributed by atoms with Crippen LogP contribution in [0.25, 0.3) is 0 Å². The number of nitrogens with zero attached hydrogens (tertiary/aromatic N) is 4. The summed E-state index contributed by atoms with van der Waals surface area (Å²) < 4.78 is 18.8. The van der Waals surface area contributed by atoms with Gasteiger partial charge in [-0.1, -0.05) is 35.0 Å². The Morgan fingerprint density at radius 2 is 2.00 bits per heavy atom. The van der Waals surface area contributed by atoms with Crippen LogP contribution in [0, 0.1) is 0 Å². The van der Waals surface area contributed by atoms with E-state index >= 15 is 0 Å². The first-order valence-corrected chi connectivity index (χ1v) is 10.9. The van der Waals surface area contributed by atoms with E-state index < -0.39 is 0 Å². The lowest BCUT2D eigenvalue weighted by molar-refractivity contribution is 0.121. The highest BCUT2D eigenvalue weighted by Crippen LogP contribution is 2.28. The Bertz CT molecular complexity index is 930. The minimum atomic E-state index is 0.479. The summed E-state index contributed by atoms with van der Waals surface area (Å²) in [5, 5.41) is 10.7. The van der Waals surface area contributed by atoms with Gasteiger partial charge in [-0.3, -0.25) is 4.57 Å². The van der Waals surface area contributed by atoms with Crippen molar-refractivity contribution in [3.05, 3.63) is 52.4 Å². The molecule has 0 saturated carbocycles. The number of rotatable bonds is 8. The van der Waals surface area contributed by atoms with Gasteiger partial charge in [-0.2, -0.15) is 0 Å². The molecule has 0 bridgehead atoms. The Hall–Kier alpha value is -1.87. The van der Waals surface area contributed by atoms with E-state index in [2.05, 4.69) is 19.7 Å². The SMILES string of the molecule is Clc1ccc(OCCSc2nnc(N3CCOCC3)n2Cc2ccco2)c(Cl)c1. The van der Waals surface area contributed by atoms with Crippen LogP contribution in [0.1, 0.15) is 5.76 Å². The Morgan fingerprint density at radius 3 is 2.76 bits per heavy atom. The maximum atomic E-state index is 6.15. The third-order valence-corrected chi connectivity index (χ3v) is 5.81. The van der Waals surface area contributed by atoms with Crippen LogP contribution >= 0.6 is 35.0 Å². The molecule has 1 aromatic carbocycles. The van der Waals surface area contributed by atoms with E-state index in [1.165, 1.54) is 0 Å². The second kappa shape index (κ2) is 9.75. The Morgan fingerprint density at radius 1 is 1.14 bits per heavy atom. The summed E-state index contributed by atoms with van der Waals surface area (Å²) in [6.45, 7) is 4.00. The molecule has 1 aliphatic heterocycles. The monoisotopic (exact) mass is 454 g/mol. The van der Waals surface area contributed by atoms with Crippen LogP contribution in [0.3, 0.4) is 0 Å². The number of ether oxygens (including phenoxy) is 2. The molecule has 3 aromatic rings. The third kappa shape index (κ3) is 5.19. The molecule has 29 heavy (non-hydrogen) atoms. The minimum Gasteiger partial charge on any atom is -0.491 e. The summed E-state index contributed by atoms with van der Waals surface area (Å²) in [5.74, 6) is 2.99. The molecule has 10 heteroatoms. The molecule has 4 rings (SSSR count). The topological polar surface area (TPSA) is 65.6 Å². The molecular formula is C19H20Cl2N4O3S. The van der Waals surface area contributed by atoms with Gasteiger partial charge >= 0.3 is 0 Å². The summed E-state index contributed by atoms with van der Waals surface area (Å²) in [6.07, 6.45) is 1.67. The van der Waals surface area contributed by atoms with Crippen molar-refractivity contribution in [1.82, 2.24) is 14.8 Å². The van der Waals surface area contributed by atoms with Gasteiger partial charge < -0.3 is 18.8 Å². The van der Waals surface area contributed by atoms with E-state index in [1.807, 2.05) is 12.1 Å². The molecule has 0 radical (unpaired) electrons. The zero-order valence-corrected chi connectivity index (χ0v) is 17.9. The van der Waals surface area contributed by atoms with Gasteiger partial charge in [-0.15, -0.1) is 10.2 Å². The summed E-state index contributed by atoms with van der Waals surface area (Å²) in [7, 11) is 0. The zero-order chi connectivity index (χ0) is 20.1. The fraction of sp³-hybridized carbons (Fsp3) is 0.368. The van der Waals surface area contributed by atoms with Gasteiger partial charge in [0.15, 0.2) is 5.16 Å². The molecule has 3 heterocycles. The van der Waals surface area contributed by atoms with Crippen molar-refractivity contribution < 1.29 is 13.9 Å². The average Bonchev–Trinajstić information content (AvgIpc) is 3.38. The van der Waals surface area contributed by atoms with E-state index in [0.717, 1.165) is 30.0 Å². The second-order valence-corrected chi connectivity index (χ2v) is 8.22. The highest BCUT2D eigenvalue weighted by Gasteiger charge is 2.21. The molecule has 0 atom stereocenters. The molecule has 1 fully saturated rings. The molecule has 0 aliphatic carbocycles. The Balaban J connectivity index is 1.42. The summed E-state index contributed by atoms with van der Waals surface area (Å²) in [5.41, 5.74) is 0. The fourth-order valence-electron chi connectivity index (χ4n) is 2.96. The van der Waals surface area contributed by atoms with Crippen molar-refractivity contribution in [2.45, 2.75) is 11.7 Å². The molecule has 0 spiro atoms. The molecule has 1 saturated heterocycles. The number of hydrogen-bond acceptors (Lipinski definition) is 7. The summed E-state index contributed by atoms with van der Waals surface area (Å²) in [4.78, 5) is 2.19. The lowest BCUT2D eigenvalue weighted by Crippen LogP contribution is -2.38. The van der Waals surface area contributed by atoms with Crippen LogP contribution in [0.2, 0.25) is 10.0 Å². The molecule has 0 unspecified atom stereocenters. The zero-order valence-electron chi connectivity index (χ0n) is 15.6. The number of benzene rings is 1. The van der Waals surface area contributed by atoms with Crippen LogP contribution < -0.4 is 9.64 Å². The van der Waals surface area contributed by atoms with Crippen molar-refractivity contribution >= 4 is 40.9 Å². The van der Waals surface area contributed by atoms with Gasteiger partial charge in [0.05, 0.1) is 37.7 Å². The lowest BCUT2D eigenvalue weighted by atomic mass is 10.3. The predicted molar refractivity (Wildman–Crippen MR) is 114 cm³/mol. The van der Waals surface area contributed by atoms with Crippen molar-refractivity contribution in [2.24, 2.45) is 0 Å². The highest BCUT2D eigenvalue weighted by molar-refractivity contribution is 7.99. The van der Waals surface area contributed by atoms with Gasteiger partial charge in [0.25, 0.3) is 0 Å². The average molecular weight is 455 g/mol.